The molecule has 0 fully saturated rings. The average Bonchev–Trinajstić information content (AvgIpc) is 1.88. The molecule has 0 saturated heterocycles. The van der Waals surface area contributed by atoms with E-state index >= 15 is 0 Å². The van der Waals surface area contributed by atoms with Gasteiger partial charge in [0.1, 0.15) is 11.7 Å². The Kier molecular flexibility index (Phi) is 4.50. The van der Waals surface area contributed by atoms with Crippen LogP contribution < -0.4 is 0 Å². The first-order chi connectivity index (χ1) is 5.13. The van der Waals surface area contributed by atoms with Crippen molar-refractivity contribution in [1.29, 1.82) is 0 Å². The van der Waals surface area contributed by atoms with Crippen LogP contribution in [0.15, 0.2) is 0 Å². The number of hydrogen-bond donors (Lipinski definition) is 1. The van der Waals surface area contributed by atoms with Crippen LogP contribution in [0, 0.1) is 5.92 Å². The van der Waals surface area contributed by atoms with Gasteiger partial charge < -0.3 is 5.11 Å². The molecule has 0 amide bonds. The summed E-state index contributed by atoms with van der Waals surface area (Å²) >= 11 is 0. The lowest BCUT2D eigenvalue weighted by Crippen LogP contribution is -2.22. The van der Waals surface area contributed by atoms with E-state index in [9.17, 15) is 9.59 Å². The summed E-state index contributed by atoms with van der Waals surface area (Å²) < 4.78 is 0. The van der Waals surface area contributed by atoms with E-state index in [1.54, 1.807) is 6.92 Å². The first-order valence-corrected chi connectivity index (χ1v) is 3.89. The number of rotatable bonds is 5. The maximum absolute atomic E-state index is 11.0. The summed E-state index contributed by atoms with van der Waals surface area (Å²) in [6, 6.07) is 0. The fourth-order valence-electron chi connectivity index (χ4n) is 0.961. The van der Waals surface area contributed by atoms with Crippen LogP contribution in [-0.2, 0) is 9.59 Å². The Morgan fingerprint density at radius 1 is 1.36 bits per heavy atom. The molecule has 0 aromatic carbocycles. The van der Waals surface area contributed by atoms with E-state index in [0.29, 0.717) is 12.8 Å². The standard InChI is InChI=1S/C8H14O3/c1-3-5-7(9)6(4-2)8(10)11/h6H,3-5H2,1-2H3,(H,10,11). The zero-order valence-corrected chi connectivity index (χ0v) is 6.96. The van der Waals surface area contributed by atoms with E-state index in [0.717, 1.165) is 6.42 Å². The fourth-order valence-corrected chi connectivity index (χ4v) is 0.961. The van der Waals surface area contributed by atoms with E-state index in [2.05, 4.69) is 0 Å². The molecule has 0 radical (unpaired) electrons. The number of hydrogen-bond acceptors (Lipinski definition) is 2. The first kappa shape index (κ1) is 10.1. The Bertz CT molecular complexity index is 151. The number of Topliss-reactive ketones (excluding diaryl/α,β-unsaturated/α-hetero) is 1. The van der Waals surface area contributed by atoms with Crippen molar-refractivity contribution in [3.8, 4) is 0 Å². The van der Waals surface area contributed by atoms with Crippen molar-refractivity contribution < 1.29 is 14.7 Å². The molecule has 0 bridgehead atoms. The van der Waals surface area contributed by atoms with Crippen molar-refractivity contribution in [3.05, 3.63) is 0 Å². The molecule has 0 aliphatic heterocycles. The molecule has 0 aliphatic carbocycles. The van der Waals surface area contributed by atoms with Crippen molar-refractivity contribution in [2.45, 2.75) is 33.1 Å². The van der Waals surface area contributed by atoms with Gasteiger partial charge in [0.05, 0.1) is 0 Å². The molecule has 11 heavy (non-hydrogen) atoms. The molecule has 0 rings (SSSR count). The van der Waals surface area contributed by atoms with Gasteiger partial charge in [-0.15, -0.1) is 0 Å². The van der Waals surface area contributed by atoms with Gasteiger partial charge >= 0.3 is 5.97 Å². The van der Waals surface area contributed by atoms with Crippen LogP contribution in [0.25, 0.3) is 0 Å². The highest BCUT2D eigenvalue weighted by molar-refractivity contribution is 5.98. The van der Waals surface area contributed by atoms with Gasteiger partial charge in [-0.05, 0) is 12.8 Å². The quantitative estimate of drug-likeness (QED) is 0.616. The topological polar surface area (TPSA) is 54.4 Å². The zero-order valence-electron chi connectivity index (χ0n) is 6.96. The first-order valence-electron chi connectivity index (χ1n) is 3.89. The lowest BCUT2D eigenvalue weighted by atomic mass is 9.98. The molecule has 3 nitrogen and oxygen atoms in total. The molecule has 0 aliphatic rings. The second-order valence-corrected chi connectivity index (χ2v) is 2.52. The van der Waals surface area contributed by atoms with Crippen LogP contribution in [0.3, 0.4) is 0 Å². The molecule has 0 aromatic rings. The Morgan fingerprint density at radius 2 is 1.91 bits per heavy atom. The normalized spacial score (nSPS) is 12.5. The summed E-state index contributed by atoms with van der Waals surface area (Å²) in [5.41, 5.74) is 0. The van der Waals surface area contributed by atoms with Crippen LogP contribution in [-0.4, -0.2) is 16.9 Å². The van der Waals surface area contributed by atoms with Gasteiger partial charge in [-0.3, -0.25) is 9.59 Å². The molecule has 1 N–H and O–H groups in total. The largest absolute Gasteiger partial charge is 0.481 e. The molecule has 3 heteroatoms. The van der Waals surface area contributed by atoms with E-state index in [1.807, 2.05) is 6.92 Å². The minimum atomic E-state index is -0.994. The molecule has 0 heterocycles. The van der Waals surface area contributed by atoms with Crippen molar-refractivity contribution >= 4 is 11.8 Å². The molecule has 1 unspecified atom stereocenters. The second-order valence-electron chi connectivity index (χ2n) is 2.52. The Hall–Kier alpha value is -0.860. The van der Waals surface area contributed by atoms with Crippen molar-refractivity contribution in [3.63, 3.8) is 0 Å². The summed E-state index contributed by atoms with van der Waals surface area (Å²) in [4.78, 5) is 21.5. The van der Waals surface area contributed by atoms with Gasteiger partial charge in [-0.1, -0.05) is 13.8 Å². The van der Waals surface area contributed by atoms with Crippen LogP contribution >= 0.6 is 0 Å². The fraction of sp³-hybridized carbons (Fsp3) is 0.750. The summed E-state index contributed by atoms with van der Waals surface area (Å²) in [6.45, 7) is 3.58. The Balaban J connectivity index is 4.03. The third kappa shape index (κ3) is 3.16. The van der Waals surface area contributed by atoms with Gasteiger partial charge in [0.15, 0.2) is 0 Å². The minimum absolute atomic E-state index is 0.150. The van der Waals surface area contributed by atoms with Gasteiger partial charge in [-0.2, -0.15) is 0 Å². The predicted octanol–water partition coefficient (Wildman–Crippen LogP) is 1.47. The highest BCUT2D eigenvalue weighted by atomic mass is 16.4. The Labute approximate surface area is 66.4 Å². The number of carboxylic acids is 1. The van der Waals surface area contributed by atoms with Gasteiger partial charge in [-0.25, -0.2) is 0 Å². The van der Waals surface area contributed by atoms with Crippen molar-refractivity contribution in [1.82, 2.24) is 0 Å². The second kappa shape index (κ2) is 4.88. The third-order valence-electron chi connectivity index (χ3n) is 1.59. The smallest absolute Gasteiger partial charge is 0.314 e. The summed E-state index contributed by atoms with van der Waals surface area (Å²) in [5.74, 6) is -1.93. The highest BCUT2D eigenvalue weighted by Crippen LogP contribution is 2.08. The monoisotopic (exact) mass is 158 g/mol. The van der Waals surface area contributed by atoms with Crippen LogP contribution in [0.4, 0.5) is 0 Å². The van der Waals surface area contributed by atoms with Crippen LogP contribution in [0.1, 0.15) is 33.1 Å². The van der Waals surface area contributed by atoms with E-state index < -0.39 is 11.9 Å². The molecule has 0 aromatic heterocycles. The van der Waals surface area contributed by atoms with Gasteiger partial charge in [0, 0.05) is 6.42 Å². The zero-order chi connectivity index (χ0) is 8.85. The molecule has 0 spiro atoms. The van der Waals surface area contributed by atoms with E-state index in [-0.39, 0.29) is 5.78 Å². The maximum atomic E-state index is 11.0. The predicted molar refractivity (Wildman–Crippen MR) is 41.3 cm³/mol. The number of carbonyl (C=O) groups is 2. The summed E-state index contributed by atoms with van der Waals surface area (Å²) in [5, 5.41) is 8.55. The third-order valence-corrected chi connectivity index (χ3v) is 1.59. The highest BCUT2D eigenvalue weighted by Gasteiger charge is 2.22. The van der Waals surface area contributed by atoms with Gasteiger partial charge in [0.2, 0.25) is 0 Å². The molecule has 0 saturated carbocycles. The van der Waals surface area contributed by atoms with Crippen LogP contribution in [0.5, 0.6) is 0 Å². The van der Waals surface area contributed by atoms with Crippen molar-refractivity contribution in [2.75, 3.05) is 0 Å². The summed E-state index contributed by atoms with van der Waals surface area (Å²) in [7, 11) is 0. The maximum Gasteiger partial charge on any atom is 0.314 e. The lowest BCUT2D eigenvalue weighted by molar-refractivity contribution is -0.146. The molecule has 64 valence electrons. The van der Waals surface area contributed by atoms with E-state index in [1.165, 1.54) is 0 Å². The molecular weight excluding hydrogens is 144 g/mol. The number of carboxylic acid groups (broad SMARTS) is 1. The Morgan fingerprint density at radius 3 is 2.18 bits per heavy atom. The SMILES string of the molecule is CCCC(=O)C(CC)C(=O)O. The summed E-state index contributed by atoms with van der Waals surface area (Å²) in [6.07, 6.45) is 1.50. The van der Waals surface area contributed by atoms with Crippen LogP contribution in [0.2, 0.25) is 0 Å². The number of ketones is 1. The average molecular weight is 158 g/mol. The number of aliphatic carboxylic acids is 1. The van der Waals surface area contributed by atoms with Gasteiger partial charge in [0.25, 0.3) is 0 Å². The van der Waals surface area contributed by atoms with Crippen molar-refractivity contribution in [2.24, 2.45) is 5.92 Å². The lowest BCUT2D eigenvalue weighted by Gasteiger charge is -2.06. The molecule has 1 atom stereocenters. The van der Waals surface area contributed by atoms with E-state index in [4.69, 9.17) is 5.11 Å². The molecular formula is C8H14O3. The minimum Gasteiger partial charge on any atom is -0.481 e. The number of carbonyl (C=O) groups excluding carboxylic acids is 1.